The van der Waals surface area contributed by atoms with Crippen molar-refractivity contribution in [2.45, 2.75) is 12.8 Å². The fourth-order valence-electron chi connectivity index (χ4n) is 2.01. The largest absolute Gasteiger partial charge is 0.478 e. The van der Waals surface area contributed by atoms with Gasteiger partial charge in [0.1, 0.15) is 0 Å². The van der Waals surface area contributed by atoms with E-state index >= 15 is 0 Å². The van der Waals surface area contributed by atoms with Crippen molar-refractivity contribution in [3.63, 3.8) is 0 Å². The van der Waals surface area contributed by atoms with Crippen molar-refractivity contribution in [3.05, 3.63) is 23.8 Å². The molecular weight excluding hydrogens is 256 g/mol. The van der Waals surface area contributed by atoms with Crippen LogP contribution in [0.2, 0.25) is 0 Å². The van der Waals surface area contributed by atoms with Crippen molar-refractivity contribution in [2.75, 3.05) is 22.3 Å². The van der Waals surface area contributed by atoms with Crippen LogP contribution in [0, 0.1) is 0 Å². The van der Waals surface area contributed by atoms with Gasteiger partial charge in [-0.2, -0.15) is 0 Å². The third kappa shape index (κ3) is 2.53. The summed E-state index contributed by atoms with van der Waals surface area (Å²) in [5, 5.41) is 8.97. The van der Waals surface area contributed by atoms with Crippen molar-refractivity contribution in [1.29, 1.82) is 0 Å². The molecule has 0 spiro atoms. The minimum Gasteiger partial charge on any atom is -0.478 e. The highest BCUT2D eigenvalue weighted by atomic mass is 32.3. The van der Waals surface area contributed by atoms with E-state index in [1.807, 2.05) is 0 Å². The van der Waals surface area contributed by atoms with Crippen LogP contribution in [-0.2, 0) is 0 Å². The lowest BCUT2D eigenvalue weighted by atomic mass is 10.1. The van der Waals surface area contributed by atoms with Gasteiger partial charge in [-0.1, -0.05) is 0 Å². The highest BCUT2D eigenvalue weighted by Crippen LogP contribution is 2.49. The normalized spacial score (nSPS) is 20.4. The van der Waals surface area contributed by atoms with E-state index in [4.69, 9.17) is 10.8 Å². The summed E-state index contributed by atoms with van der Waals surface area (Å²) in [6, 6.07) is 4.33. The first-order valence-electron chi connectivity index (χ1n) is 5.57. The zero-order chi connectivity index (χ0) is 13.3. The topological polar surface area (TPSA) is 107 Å². The maximum absolute atomic E-state index is 11.0. The van der Waals surface area contributed by atoms with Crippen molar-refractivity contribution in [2.24, 2.45) is 0 Å². The van der Waals surface area contributed by atoms with Gasteiger partial charge in [0, 0.05) is 12.2 Å². The minimum atomic E-state index is -2.85. The number of nitrogens with two attached hydrogens (primary N) is 1. The van der Waals surface area contributed by atoms with Gasteiger partial charge in [0.05, 0.1) is 17.0 Å². The Balaban J connectivity index is 2.40. The van der Waals surface area contributed by atoms with Crippen LogP contribution in [0.4, 0.5) is 11.4 Å². The number of nitrogen functional groups attached to an aromatic ring is 1. The van der Waals surface area contributed by atoms with E-state index in [1.165, 1.54) is 16.4 Å². The van der Waals surface area contributed by atoms with E-state index in [0.717, 1.165) is 12.8 Å². The number of aromatic carboxylic acids is 1. The van der Waals surface area contributed by atoms with E-state index in [1.54, 1.807) is 6.07 Å². The van der Waals surface area contributed by atoms with Crippen molar-refractivity contribution < 1.29 is 19.0 Å². The van der Waals surface area contributed by atoms with Crippen molar-refractivity contribution >= 4 is 28.1 Å². The molecule has 1 heterocycles. The average molecular weight is 272 g/mol. The monoisotopic (exact) mass is 272 g/mol. The third-order valence-corrected chi connectivity index (χ3v) is 4.79. The molecular formula is C11H16N2O4S. The Labute approximate surface area is 107 Å². The van der Waals surface area contributed by atoms with Crippen LogP contribution >= 0.6 is 10.8 Å². The standard InChI is InChI=1S/C11H16N2O4S/c12-9-5-8(11(14)15)6-10(7-9)13-3-1-2-4-18(13,16)17/h5-7,16-17H,1-4,12H2,(H,14,15). The molecule has 0 atom stereocenters. The van der Waals surface area contributed by atoms with E-state index in [-0.39, 0.29) is 5.56 Å². The smallest absolute Gasteiger partial charge is 0.335 e. The second-order valence-corrected chi connectivity index (χ2v) is 6.38. The quantitative estimate of drug-likeness (QED) is 0.615. The van der Waals surface area contributed by atoms with Crippen molar-refractivity contribution in [1.82, 2.24) is 0 Å². The van der Waals surface area contributed by atoms with Gasteiger partial charge in [0.15, 0.2) is 0 Å². The van der Waals surface area contributed by atoms with Crippen LogP contribution in [-0.4, -0.2) is 32.5 Å². The Kier molecular flexibility index (Phi) is 3.38. The Hall–Kier alpha value is -1.44. The van der Waals surface area contributed by atoms with E-state index in [2.05, 4.69) is 0 Å². The Morgan fingerprint density at radius 3 is 2.61 bits per heavy atom. The summed E-state index contributed by atoms with van der Waals surface area (Å²) >= 11 is 0. The number of hydrogen-bond donors (Lipinski definition) is 4. The molecule has 1 aromatic carbocycles. The van der Waals surface area contributed by atoms with Gasteiger partial charge >= 0.3 is 5.97 Å². The summed E-state index contributed by atoms with van der Waals surface area (Å²) < 4.78 is 21.4. The fraction of sp³-hybridized carbons (Fsp3) is 0.364. The minimum absolute atomic E-state index is 0.0470. The summed E-state index contributed by atoms with van der Waals surface area (Å²) in [4.78, 5) is 11.0. The molecule has 1 aliphatic heterocycles. The maximum atomic E-state index is 11.0. The summed E-state index contributed by atoms with van der Waals surface area (Å²) in [5.41, 5.74) is 6.44. The number of benzene rings is 1. The van der Waals surface area contributed by atoms with Gasteiger partial charge in [-0.25, -0.2) is 4.79 Å². The molecule has 0 radical (unpaired) electrons. The third-order valence-electron chi connectivity index (χ3n) is 2.86. The highest BCUT2D eigenvalue weighted by Gasteiger charge is 2.27. The number of rotatable bonds is 2. The maximum Gasteiger partial charge on any atom is 0.335 e. The highest BCUT2D eigenvalue weighted by molar-refractivity contribution is 8.25. The van der Waals surface area contributed by atoms with Gasteiger partial charge in [0.25, 0.3) is 0 Å². The van der Waals surface area contributed by atoms with Crippen LogP contribution in [0.5, 0.6) is 0 Å². The van der Waals surface area contributed by atoms with E-state index < -0.39 is 16.7 Å². The first-order valence-corrected chi connectivity index (χ1v) is 7.25. The summed E-state index contributed by atoms with van der Waals surface area (Å²) in [6.45, 7) is 0.491. The number of nitrogens with zero attached hydrogens (tertiary/aromatic N) is 1. The summed E-state index contributed by atoms with van der Waals surface area (Å²) in [5.74, 6) is -0.776. The van der Waals surface area contributed by atoms with Crippen LogP contribution in [0.15, 0.2) is 18.2 Å². The molecule has 5 N–H and O–H groups in total. The molecule has 2 rings (SSSR count). The van der Waals surface area contributed by atoms with Gasteiger partial charge in [-0.15, -0.1) is 10.8 Å². The number of carbonyl (C=O) groups is 1. The molecule has 6 nitrogen and oxygen atoms in total. The Morgan fingerprint density at radius 2 is 2.00 bits per heavy atom. The fourth-order valence-corrected chi connectivity index (χ4v) is 3.68. The first-order chi connectivity index (χ1) is 8.40. The molecule has 0 saturated carbocycles. The molecule has 7 heteroatoms. The number of carboxylic acid groups (broad SMARTS) is 1. The molecule has 1 saturated heterocycles. The van der Waals surface area contributed by atoms with Gasteiger partial charge in [0.2, 0.25) is 0 Å². The molecule has 0 bridgehead atoms. The molecule has 1 fully saturated rings. The van der Waals surface area contributed by atoms with Gasteiger partial charge in [-0.3, -0.25) is 13.4 Å². The first kappa shape index (κ1) is 13.0. The molecule has 18 heavy (non-hydrogen) atoms. The molecule has 0 aliphatic carbocycles. The predicted octanol–water partition coefficient (Wildman–Crippen LogP) is 2.23. The molecule has 100 valence electrons. The lowest BCUT2D eigenvalue weighted by Crippen LogP contribution is -2.34. The van der Waals surface area contributed by atoms with E-state index in [0.29, 0.717) is 23.7 Å². The predicted molar refractivity (Wildman–Crippen MR) is 72.1 cm³/mol. The second kappa shape index (κ2) is 4.68. The van der Waals surface area contributed by atoms with Gasteiger partial charge in [-0.05, 0) is 31.0 Å². The summed E-state index contributed by atoms with van der Waals surface area (Å²) in [6.07, 6.45) is 1.60. The van der Waals surface area contributed by atoms with Crippen LogP contribution in [0.25, 0.3) is 0 Å². The van der Waals surface area contributed by atoms with Crippen LogP contribution < -0.4 is 10.0 Å². The number of carboxylic acids is 1. The molecule has 0 amide bonds. The Morgan fingerprint density at radius 1 is 1.28 bits per heavy atom. The van der Waals surface area contributed by atoms with Crippen molar-refractivity contribution in [3.8, 4) is 0 Å². The average Bonchev–Trinajstić information content (AvgIpc) is 2.27. The van der Waals surface area contributed by atoms with Crippen LogP contribution in [0.3, 0.4) is 0 Å². The number of hydrogen-bond acceptors (Lipinski definition) is 5. The molecule has 0 unspecified atom stereocenters. The number of anilines is 2. The van der Waals surface area contributed by atoms with Gasteiger partial charge < -0.3 is 10.8 Å². The van der Waals surface area contributed by atoms with Crippen LogP contribution in [0.1, 0.15) is 23.2 Å². The summed E-state index contributed by atoms with van der Waals surface area (Å²) in [7, 11) is -2.85. The SMILES string of the molecule is Nc1cc(C(=O)O)cc(N2CCCCS2(O)O)c1. The molecule has 1 aromatic rings. The zero-order valence-corrected chi connectivity index (χ0v) is 10.6. The second-order valence-electron chi connectivity index (χ2n) is 4.26. The Bertz CT molecular complexity index is 478. The molecule has 1 aliphatic rings. The zero-order valence-electron chi connectivity index (χ0n) is 9.74. The van der Waals surface area contributed by atoms with E-state index in [9.17, 15) is 13.9 Å². The lowest BCUT2D eigenvalue weighted by molar-refractivity contribution is 0.0697. The molecule has 0 aromatic heterocycles. The lowest BCUT2D eigenvalue weighted by Gasteiger charge is -2.47.